The highest BCUT2D eigenvalue weighted by atomic mass is 16.6. The van der Waals surface area contributed by atoms with Gasteiger partial charge in [0, 0.05) is 12.0 Å². The van der Waals surface area contributed by atoms with E-state index in [-0.39, 0.29) is 29.0 Å². The first-order valence-corrected chi connectivity index (χ1v) is 13.7. The fourth-order valence-electron chi connectivity index (χ4n) is 9.68. The van der Waals surface area contributed by atoms with Gasteiger partial charge in [-0.15, -0.1) is 0 Å². The third-order valence-corrected chi connectivity index (χ3v) is 11.3. The van der Waals surface area contributed by atoms with Crippen molar-refractivity contribution in [2.24, 2.45) is 46.3 Å². The van der Waals surface area contributed by atoms with Gasteiger partial charge in [-0.3, -0.25) is 9.59 Å². The van der Waals surface area contributed by atoms with Gasteiger partial charge in [0.1, 0.15) is 5.78 Å². The van der Waals surface area contributed by atoms with Gasteiger partial charge in [-0.05, 0) is 85.4 Å². The minimum Gasteiger partial charge on any atom is -0.376 e. The highest BCUT2D eigenvalue weighted by molar-refractivity contribution is 6.11. The Hall–Kier alpha value is -1.52. The maximum atomic E-state index is 13.6. The van der Waals surface area contributed by atoms with Crippen LogP contribution >= 0.6 is 0 Å². The number of hydrogen-bond acceptors (Lipinski definition) is 4. The quantitative estimate of drug-likeness (QED) is 0.423. The maximum absolute atomic E-state index is 13.6. The van der Waals surface area contributed by atoms with Gasteiger partial charge in [0.05, 0.1) is 31.8 Å². The van der Waals surface area contributed by atoms with Crippen molar-refractivity contribution in [2.75, 3.05) is 19.8 Å². The standard InChI is InChI=1S/C30H40O4/c1-29-14-12-22-20(21(29)10-11-23(29)26-18-33-16-17-34-26)8-9-24-27(25(31)13-15-30(22,24)2)28(32)19-6-4-3-5-7-19/h3-7,20-24,26-27H,8-18H2,1-2H3/t20-,21-,22-,23+,24-,26?,27?,29-,30+/m0/s1. The van der Waals surface area contributed by atoms with Crippen molar-refractivity contribution in [3.8, 4) is 0 Å². The fraction of sp³-hybridized carbons (Fsp3) is 0.733. The molecule has 5 fully saturated rings. The van der Waals surface area contributed by atoms with Crippen LogP contribution in [0.15, 0.2) is 30.3 Å². The van der Waals surface area contributed by atoms with E-state index in [2.05, 4.69) is 13.8 Å². The second-order valence-electron chi connectivity index (χ2n) is 12.5. The second kappa shape index (κ2) is 8.55. The van der Waals surface area contributed by atoms with Crippen molar-refractivity contribution in [1.82, 2.24) is 0 Å². The molecule has 6 rings (SSSR count). The first kappa shape index (κ1) is 22.9. The molecule has 1 aromatic rings. The molecule has 4 heteroatoms. The number of hydrogen-bond donors (Lipinski definition) is 0. The summed E-state index contributed by atoms with van der Waals surface area (Å²) in [6.07, 6.45) is 9.01. The van der Waals surface area contributed by atoms with E-state index >= 15 is 0 Å². The molecule has 0 radical (unpaired) electrons. The Bertz CT molecular complexity index is 936. The Morgan fingerprint density at radius 2 is 1.56 bits per heavy atom. The minimum atomic E-state index is -0.445. The molecule has 5 aliphatic rings. The van der Waals surface area contributed by atoms with Crippen LogP contribution in [0.3, 0.4) is 0 Å². The van der Waals surface area contributed by atoms with Crippen LogP contribution in [0, 0.1) is 46.3 Å². The topological polar surface area (TPSA) is 52.6 Å². The van der Waals surface area contributed by atoms with Crippen molar-refractivity contribution in [3.63, 3.8) is 0 Å². The highest BCUT2D eigenvalue weighted by Gasteiger charge is 2.63. The van der Waals surface area contributed by atoms with Crippen LogP contribution in [0.1, 0.15) is 75.6 Å². The van der Waals surface area contributed by atoms with Crippen LogP contribution in [0.5, 0.6) is 0 Å². The van der Waals surface area contributed by atoms with Crippen molar-refractivity contribution in [1.29, 1.82) is 0 Å². The minimum absolute atomic E-state index is 0.0657. The first-order chi connectivity index (χ1) is 16.4. The Morgan fingerprint density at radius 3 is 2.32 bits per heavy atom. The molecule has 4 nitrogen and oxygen atoms in total. The van der Waals surface area contributed by atoms with E-state index < -0.39 is 5.92 Å². The average Bonchev–Trinajstić information content (AvgIpc) is 3.22. The van der Waals surface area contributed by atoms with E-state index in [1.165, 1.54) is 32.1 Å². The molecule has 4 aliphatic carbocycles. The summed E-state index contributed by atoms with van der Waals surface area (Å²) >= 11 is 0. The van der Waals surface area contributed by atoms with Gasteiger partial charge < -0.3 is 9.47 Å². The zero-order valence-electron chi connectivity index (χ0n) is 20.8. The first-order valence-electron chi connectivity index (χ1n) is 13.7. The molecule has 1 saturated heterocycles. The summed E-state index contributed by atoms with van der Waals surface area (Å²) in [5.41, 5.74) is 1.13. The molecule has 1 heterocycles. The van der Waals surface area contributed by atoms with Crippen LogP contribution in [-0.2, 0) is 14.3 Å². The zero-order valence-corrected chi connectivity index (χ0v) is 20.8. The lowest BCUT2D eigenvalue weighted by Gasteiger charge is -2.61. The molecule has 0 amide bonds. The van der Waals surface area contributed by atoms with Crippen molar-refractivity contribution in [2.45, 2.75) is 71.3 Å². The third kappa shape index (κ3) is 3.38. The summed E-state index contributed by atoms with van der Waals surface area (Å²) in [5.74, 6) is 2.69. The molecule has 0 spiro atoms. The van der Waals surface area contributed by atoms with Crippen molar-refractivity contribution in [3.05, 3.63) is 35.9 Å². The molecule has 2 unspecified atom stereocenters. The zero-order chi connectivity index (χ0) is 23.5. The summed E-state index contributed by atoms with van der Waals surface area (Å²) in [4.78, 5) is 26.7. The Kier molecular flexibility index (Phi) is 5.76. The Labute approximate surface area is 204 Å². The summed E-state index contributed by atoms with van der Waals surface area (Å²) in [6, 6.07) is 9.53. The van der Waals surface area contributed by atoms with Crippen molar-refractivity contribution < 1.29 is 19.1 Å². The monoisotopic (exact) mass is 464 g/mol. The summed E-state index contributed by atoms with van der Waals surface area (Å²) in [7, 11) is 0. The molecule has 0 N–H and O–H groups in total. The molecule has 9 atom stereocenters. The molecule has 4 saturated carbocycles. The SMILES string of the molecule is C[C@]12CCC(=O)C(C(=O)c3ccccc3)[C@@H]1CC[C@@H]1[C@@H]2CC[C@]2(C)[C@@H](C3COCCO3)CC[C@@H]12. The molecule has 1 aromatic carbocycles. The van der Waals surface area contributed by atoms with Crippen LogP contribution < -0.4 is 0 Å². The summed E-state index contributed by atoms with van der Waals surface area (Å²) in [5, 5.41) is 0. The molecular weight excluding hydrogens is 424 g/mol. The van der Waals surface area contributed by atoms with Crippen molar-refractivity contribution >= 4 is 11.6 Å². The molecule has 0 bridgehead atoms. The number of benzene rings is 1. The molecular formula is C30H40O4. The largest absolute Gasteiger partial charge is 0.376 e. The van der Waals surface area contributed by atoms with Gasteiger partial charge in [0.2, 0.25) is 0 Å². The van der Waals surface area contributed by atoms with E-state index in [1.54, 1.807) is 0 Å². The number of rotatable bonds is 3. The van der Waals surface area contributed by atoms with Crippen LogP contribution in [0.25, 0.3) is 0 Å². The summed E-state index contributed by atoms with van der Waals surface area (Å²) in [6.45, 7) is 7.21. The maximum Gasteiger partial charge on any atom is 0.173 e. The van der Waals surface area contributed by atoms with E-state index in [0.717, 1.165) is 44.5 Å². The predicted molar refractivity (Wildman–Crippen MR) is 130 cm³/mol. The Balaban J connectivity index is 1.26. The highest BCUT2D eigenvalue weighted by Crippen LogP contribution is 2.68. The predicted octanol–water partition coefficient (Wildman–Crippen LogP) is 5.74. The lowest BCUT2D eigenvalue weighted by Crippen LogP contribution is -2.57. The third-order valence-electron chi connectivity index (χ3n) is 11.3. The summed E-state index contributed by atoms with van der Waals surface area (Å²) < 4.78 is 12.0. The van der Waals surface area contributed by atoms with Crippen LogP contribution in [-0.4, -0.2) is 37.5 Å². The molecule has 0 aromatic heterocycles. The normalized spacial score (nSPS) is 46.3. The van der Waals surface area contributed by atoms with Gasteiger partial charge in [0.25, 0.3) is 0 Å². The lowest BCUT2D eigenvalue weighted by molar-refractivity contribution is -0.161. The van der Waals surface area contributed by atoms with E-state index in [0.29, 0.717) is 29.2 Å². The second-order valence-corrected chi connectivity index (χ2v) is 12.5. The number of ether oxygens (including phenoxy) is 2. The number of carbonyl (C=O) groups is 2. The van der Waals surface area contributed by atoms with Crippen LogP contribution in [0.4, 0.5) is 0 Å². The van der Waals surface area contributed by atoms with Gasteiger partial charge in [0.15, 0.2) is 5.78 Å². The van der Waals surface area contributed by atoms with Crippen LogP contribution in [0.2, 0.25) is 0 Å². The number of fused-ring (bicyclic) bond motifs is 5. The number of Topliss-reactive ketones (excluding diaryl/α,β-unsaturated/α-hetero) is 2. The van der Waals surface area contributed by atoms with Gasteiger partial charge in [-0.25, -0.2) is 0 Å². The van der Waals surface area contributed by atoms with E-state index in [4.69, 9.17) is 9.47 Å². The number of ketones is 2. The lowest BCUT2D eigenvalue weighted by atomic mass is 9.43. The molecule has 1 aliphatic heterocycles. The average molecular weight is 465 g/mol. The molecule has 184 valence electrons. The van der Waals surface area contributed by atoms with Gasteiger partial charge >= 0.3 is 0 Å². The van der Waals surface area contributed by atoms with Gasteiger partial charge in [-0.1, -0.05) is 44.2 Å². The van der Waals surface area contributed by atoms with E-state index in [1.807, 2.05) is 30.3 Å². The fourth-order valence-corrected chi connectivity index (χ4v) is 9.68. The van der Waals surface area contributed by atoms with E-state index in [9.17, 15) is 9.59 Å². The van der Waals surface area contributed by atoms with Gasteiger partial charge in [-0.2, -0.15) is 0 Å². The number of carbonyl (C=O) groups excluding carboxylic acids is 2. The smallest absolute Gasteiger partial charge is 0.173 e. The molecule has 34 heavy (non-hydrogen) atoms. The Morgan fingerprint density at radius 1 is 0.853 bits per heavy atom.